The molecule has 1 fully saturated rings. The van der Waals surface area contributed by atoms with Crippen molar-refractivity contribution in [2.45, 2.75) is 44.6 Å². The second kappa shape index (κ2) is 6.01. The molecule has 0 N–H and O–H groups in total. The Morgan fingerprint density at radius 1 is 1.09 bits per heavy atom. The normalized spacial score (nSPS) is 17.8. The van der Waals surface area contributed by atoms with Crippen LogP contribution in [0.4, 0.5) is 0 Å². The standard InChI is InChI=1S/C16H24N2O3S/c1-5-13-6-8-14(9-7-13)22(20,21)17-10-11-18(15(19)12-17)16(2,3)4/h6-9H,5,10-12H2,1-4H3. The van der Waals surface area contributed by atoms with E-state index in [0.29, 0.717) is 13.1 Å². The Balaban J connectivity index is 2.19. The Morgan fingerprint density at radius 3 is 2.14 bits per heavy atom. The lowest BCUT2D eigenvalue weighted by Crippen LogP contribution is -2.57. The van der Waals surface area contributed by atoms with E-state index in [9.17, 15) is 13.2 Å². The van der Waals surface area contributed by atoms with Gasteiger partial charge in [0.15, 0.2) is 0 Å². The minimum absolute atomic E-state index is 0.0882. The van der Waals surface area contributed by atoms with Crippen LogP contribution in [0, 0.1) is 0 Å². The van der Waals surface area contributed by atoms with E-state index in [2.05, 4.69) is 0 Å². The summed E-state index contributed by atoms with van der Waals surface area (Å²) in [5, 5.41) is 0. The van der Waals surface area contributed by atoms with Crippen LogP contribution in [0.5, 0.6) is 0 Å². The predicted molar refractivity (Wildman–Crippen MR) is 86.0 cm³/mol. The Kier molecular flexibility index (Phi) is 4.63. The SMILES string of the molecule is CCc1ccc(S(=O)(=O)N2CCN(C(C)(C)C)C(=O)C2)cc1. The monoisotopic (exact) mass is 324 g/mol. The average Bonchev–Trinajstić information content (AvgIpc) is 2.46. The number of sulfonamides is 1. The van der Waals surface area contributed by atoms with E-state index in [1.807, 2.05) is 39.8 Å². The summed E-state index contributed by atoms with van der Waals surface area (Å²) in [6, 6.07) is 6.88. The van der Waals surface area contributed by atoms with Gasteiger partial charge in [-0.25, -0.2) is 8.42 Å². The summed E-state index contributed by atoms with van der Waals surface area (Å²) in [6.45, 7) is 8.56. The zero-order valence-electron chi connectivity index (χ0n) is 13.7. The van der Waals surface area contributed by atoms with Crippen molar-refractivity contribution in [3.05, 3.63) is 29.8 Å². The molecule has 0 bridgehead atoms. The molecule has 122 valence electrons. The summed E-state index contributed by atoms with van der Waals surface area (Å²) in [6.07, 6.45) is 0.864. The molecule has 0 unspecified atom stereocenters. The van der Waals surface area contributed by atoms with Crippen LogP contribution in [0.2, 0.25) is 0 Å². The number of piperazine rings is 1. The first-order chi connectivity index (χ1) is 10.2. The molecule has 1 heterocycles. The Hall–Kier alpha value is -1.40. The number of benzene rings is 1. The molecule has 1 saturated heterocycles. The molecule has 5 nitrogen and oxygen atoms in total. The lowest BCUT2D eigenvalue weighted by atomic mass is 10.1. The van der Waals surface area contributed by atoms with Crippen molar-refractivity contribution in [1.82, 2.24) is 9.21 Å². The van der Waals surface area contributed by atoms with Gasteiger partial charge in [-0.1, -0.05) is 19.1 Å². The van der Waals surface area contributed by atoms with Crippen LogP contribution >= 0.6 is 0 Å². The van der Waals surface area contributed by atoms with Crippen molar-refractivity contribution in [3.8, 4) is 0 Å². The van der Waals surface area contributed by atoms with Crippen LogP contribution in [0.25, 0.3) is 0 Å². The summed E-state index contributed by atoms with van der Waals surface area (Å²) in [5.41, 5.74) is 0.808. The lowest BCUT2D eigenvalue weighted by Gasteiger charge is -2.41. The highest BCUT2D eigenvalue weighted by molar-refractivity contribution is 7.89. The van der Waals surface area contributed by atoms with E-state index in [1.165, 1.54) is 4.31 Å². The van der Waals surface area contributed by atoms with Gasteiger partial charge >= 0.3 is 0 Å². The van der Waals surface area contributed by atoms with Crippen molar-refractivity contribution < 1.29 is 13.2 Å². The quantitative estimate of drug-likeness (QED) is 0.853. The Morgan fingerprint density at radius 2 is 1.68 bits per heavy atom. The number of carbonyl (C=O) groups excluding carboxylic acids is 1. The first kappa shape index (κ1) is 17.0. The highest BCUT2D eigenvalue weighted by atomic mass is 32.2. The van der Waals surface area contributed by atoms with Gasteiger partial charge in [-0.2, -0.15) is 4.31 Å². The van der Waals surface area contributed by atoms with Crippen LogP contribution in [0.15, 0.2) is 29.2 Å². The molecule has 0 aliphatic carbocycles. The number of hydrogen-bond donors (Lipinski definition) is 0. The molecule has 1 aromatic carbocycles. The third-order valence-electron chi connectivity index (χ3n) is 3.96. The largest absolute Gasteiger partial charge is 0.335 e. The number of amides is 1. The molecule has 0 aromatic heterocycles. The van der Waals surface area contributed by atoms with Crippen LogP contribution in [-0.2, 0) is 21.2 Å². The van der Waals surface area contributed by atoms with Crippen molar-refractivity contribution in [2.75, 3.05) is 19.6 Å². The van der Waals surface area contributed by atoms with Crippen molar-refractivity contribution >= 4 is 15.9 Å². The second-order valence-corrected chi connectivity index (χ2v) is 8.49. The molecule has 0 saturated carbocycles. The van der Waals surface area contributed by atoms with E-state index >= 15 is 0 Å². The molecule has 6 heteroatoms. The van der Waals surface area contributed by atoms with Gasteiger partial charge in [-0.3, -0.25) is 4.79 Å². The van der Waals surface area contributed by atoms with Crippen molar-refractivity contribution in [1.29, 1.82) is 0 Å². The molecule has 22 heavy (non-hydrogen) atoms. The fourth-order valence-electron chi connectivity index (χ4n) is 2.61. The minimum atomic E-state index is -3.60. The van der Waals surface area contributed by atoms with E-state index in [4.69, 9.17) is 0 Å². The van der Waals surface area contributed by atoms with E-state index < -0.39 is 10.0 Å². The summed E-state index contributed by atoms with van der Waals surface area (Å²) in [5.74, 6) is -0.146. The van der Waals surface area contributed by atoms with Gasteiger partial charge in [-0.15, -0.1) is 0 Å². The second-order valence-electron chi connectivity index (χ2n) is 6.55. The fraction of sp³-hybridized carbons (Fsp3) is 0.562. The minimum Gasteiger partial charge on any atom is -0.335 e. The lowest BCUT2D eigenvalue weighted by molar-refractivity contribution is -0.139. The van der Waals surface area contributed by atoms with E-state index in [-0.39, 0.29) is 22.9 Å². The zero-order chi connectivity index (χ0) is 16.5. The molecule has 1 amide bonds. The van der Waals surface area contributed by atoms with Gasteiger partial charge < -0.3 is 4.90 Å². The molecule has 0 spiro atoms. The third-order valence-corrected chi connectivity index (χ3v) is 5.82. The van der Waals surface area contributed by atoms with Crippen LogP contribution in [0.1, 0.15) is 33.3 Å². The van der Waals surface area contributed by atoms with Gasteiger partial charge in [0.05, 0.1) is 11.4 Å². The van der Waals surface area contributed by atoms with E-state index in [0.717, 1.165) is 12.0 Å². The molecule has 1 aliphatic rings. The third kappa shape index (κ3) is 3.33. The van der Waals surface area contributed by atoms with Gasteiger partial charge in [-0.05, 0) is 44.9 Å². The molecular weight excluding hydrogens is 300 g/mol. The van der Waals surface area contributed by atoms with Crippen LogP contribution < -0.4 is 0 Å². The van der Waals surface area contributed by atoms with Crippen LogP contribution in [0.3, 0.4) is 0 Å². The first-order valence-corrected chi connectivity index (χ1v) is 9.00. The maximum Gasteiger partial charge on any atom is 0.243 e. The summed E-state index contributed by atoms with van der Waals surface area (Å²) in [4.78, 5) is 14.2. The number of nitrogens with zero attached hydrogens (tertiary/aromatic N) is 2. The predicted octanol–water partition coefficient (Wildman–Crippen LogP) is 1.88. The first-order valence-electron chi connectivity index (χ1n) is 7.56. The number of carbonyl (C=O) groups is 1. The number of aryl methyl sites for hydroxylation is 1. The number of rotatable bonds is 3. The molecule has 1 aromatic rings. The average molecular weight is 324 g/mol. The Labute approximate surface area is 133 Å². The van der Waals surface area contributed by atoms with Gasteiger partial charge in [0.1, 0.15) is 0 Å². The summed E-state index contributed by atoms with van der Waals surface area (Å²) in [7, 11) is -3.60. The van der Waals surface area contributed by atoms with Crippen molar-refractivity contribution in [3.63, 3.8) is 0 Å². The topological polar surface area (TPSA) is 57.7 Å². The van der Waals surface area contributed by atoms with Crippen molar-refractivity contribution in [2.24, 2.45) is 0 Å². The maximum absolute atomic E-state index is 12.6. The molecule has 2 rings (SSSR count). The summed E-state index contributed by atoms with van der Waals surface area (Å²) < 4.78 is 26.6. The molecule has 0 atom stereocenters. The fourth-order valence-corrected chi connectivity index (χ4v) is 3.99. The Bertz CT molecular complexity index is 645. The smallest absolute Gasteiger partial charge is 0.243 e. The van der Waals surface area contributed by atoms with Crippen LogP contribution in [-0.4, -0.2) is 48.7 Å². The summed E-state index contributed by atoms with van der Waals surface area (Å²) >= 11 is 0. The van der Waals surface area contributed by atoms with Gasteiger partial charge in [0, 0.05) is 18.6 Å². The highest BCUT2D eigenvalue weighted by Gasteiger charge is 2.36. The molecule has 0 radical (unpaired) electrons. The van der Waals surface area contributed by atoms with Gasteiger partial charge in [0.2, 0.25) is 15.9 Å². The highest BCUT2D eigenvalue weighted by Crippen LogP contribution is 2.22. The number of hydrogen-bond acceptors (Lipinski definition) is 3. The maximum atomic E-state index is 12.6. The zero-order valence-corrected chi connectivity index (χ0v) is 14.5. The van der Waals surface area contributed by atoms with E-state index in [1.54, 1.807) is 17.0 Å². The molecule has 1 aliphatic heterocycles. The van der Waals surface area contributed by atoms with Gasteiger partial charge in [0.25, 0.3) is 0 Å². The molecular formula is C16H24N2O3S.